The van der Waals surface area contributed by atoms with Gasteiger partial charge in [-0.3, -0.25) is 0 Å². The molecule has 0 heteroatoms. The van der Waals surface area contributed by atoms with Gasteiger partial charge >= 0.3 is 0 Å². The molecule has 2 aromatic carbocycles. The predicted octanol–water partition coefficient (Wildman–Crippen LogP) is 6.87. The Bertz CT molecular complexity index is 663. The Kier molecular flexibility index (Phi) is 4.50. The minimum Gasteiger partial charge on any atom is -0.0561 e. The molecule has 124 valence electrons. The van der Waals surface area contributed by atoms with Gasteiger partial charge in [0.2, 0.25) is 0 Å². The summed E-state index contributed by atoms with van der Waals surface area (Å²) in [6.45, 7) is 20.4. The van der Waals surface area contributed by atoms with Gasteiger partial charge in [-0.25, -0.2) is 0 Å². The lowest BCUT2D eigenvalue weighted by Crippen LogP contribution is -2.16. The number of rotatable bonds is 1. The molecule has 2 rings (SSSR count). The Hall–Kier alpha value is -1.56. The first-order chi connectivity index (χ1) is 10.4. The van der Waals surface area contributed by atoms with E-state index < -0.39 is 0 Å². The molecule has 0 saturated carbocycles. The molecule has 0 aliphatic heterocycles. The van der Waals surface area contributed by atoms with E-state index in [4.69, 9.17) is 0 Å². The second kappa shape index (κ2) is 5.82. The van der Waals surface area contributed by atoms with Crippen molar-refractivity contribution in [3.8, 4) is 11.1 Å². The van der Waals surface area contributed by atoms with Gasteiger partial charge in [0.05, 0.1) is 0 Å². The number of hydrogen-bond acceptors (Lipinski definition) is 0. The van der Waals surface area contributed by atoms with Gasteiger partial charge in [0.1, 0.15) is 0 Å². The van der Waals surface area contributed by atoms with Crippen LogP contribution in [0.15, 0.2) is 30.3 Å². The predicted molar refractivity (Wildman–Crippen MR) is 103 cm³/mol. The lowest BCUT2D eigenvalue weighted by molar-refractivity contribution is 0.569. The van der Waals surface area contributed by atoms with Gasteiger partial charge in [-0.05, 0) is 70.5 Å². The Morgan fingerprint density at radius 3 is 1.22 bits per heavy atom. The third-order valence-electron chi connectivity index (χ3n) is 4.93. The maximum absolute atomic E-state index is 2.39. The van der Waals surface area contributed by atoms with Gasteiger partial charge in [-0.1, -0.05) is 71.9 Å². The molecule has 0 aliphatic carbocycles. The summed E-state index contributed by atoms with van der Waals surface area (Å²) in [7, 11) is 0. The second-order valence-electron chi connectivity index (χ2n) is 9.03. The molecule has 0 aromatic heterocycles. The molecule has 0 aliphatic rings. The molecular formula is C23H32. The molecule has 2 aromatic rings. The first-order valence-corrected chi connectivity index (χ1v) is 8.64. The molecule has 0 amide bonds. The molecule has 0 bridgehead atoms. The smallest absolute Gasteiger partial charge is 0.0132 e. The maximum atomic E-state index is 2.39. The van der Waals surface area contributed by atoms with Crippen molar-refractivity contribution in [2.75, 3.05) is 0 Å². The van der Waals surface area contributed by atoms with Crippen LogP contribution in [-0.2, 0) is 10.8 Å². The average Bonchev–Trinajstić information content (AvgIpc) is 2.41. The van der Waals surface area contributed by atoms with Gasteiger partial charge < -0.3 is 0 Å². The second-order valence-corrected chi connectivity index (χ2v) is 9.03. The average molecular weight is 309 g/mol. The zero-order valence-corrected chi connectivity index (χ0v) is 16.4. The van der Waals surface area contributed by atoms with E-state index in [1.165, 1.54) is 38.9 Å². The van der Waals surface area contributed by atoms with Crippen molar-refractivity contribution >= 4 is 0 Å². The van der Waals surface area contributed by atoms with E-state index in [1.54, 1.807) is 0 Å². The summed E-state index contributed by atoms with van der Waals surface area (Å²) in [6.07, 6.45) is 0. The van der Waals surface area contributed by atoms with Gasteiger partial charge in [0.25, 0.3) is 0 Å². The van der Waals surface area contributed by atoms with E-state index in [1.807, 2.05) is 0 Å². The van der Waals surface area contributed by atoms with E-state index in [9.17, 15) is 0 Å². The molecule has 0 atom stereocenters. The highest BCUT2D eigenvalue weighted by molar-refractivity contribution is 5.68. The summed E-state index contributed by atoms with van der Waals surface area (Å²) >= 11 is 0. The first kappa shape index (κ1) is 17.8. The monoisotopic (exact) mass is 308 g/mol. The molecule has 0 saturated heterocycles. The highest BCUT2D eigenvalue weighted by atomic mass is 14.3. The molecule has 23 heavy (non-hydrogen) atoms. The summed E-state index contributed by atoms with van der Waals surface area (Å²) in [5, 5.41) is 0. The molecule has 0 heterocycles. The van der Waals surface area contributed by atoms with Crippen LogP contribution in [-0.4, -0.2) is 0 Å². The van der Waals surface area contributed by atoms with E-state index >= 15 is 0 Å². The van der Waals surface area contributed by atoms with Crippen LogP contribution < -0.4 is 0 Å². The van der Waals surface area contributed by atoms with Crippen LogP contribution in [0.25, 0.3) is 11.1 Å². The SMILES string of the molecule is Cc1cc(-c2cc(C(C)(C)C)cc(C(C)(C)C)c2)cc(C)c1C. The van der Waals surface area contributed by atoms with Crippen LogP contribution in [0.3, 0.4) is 0 Å². The van der Waals surface area contributed by atoms with Gasteiger partial charge in [0.15, 0.2) is 0 Å². The van der Waals surface area contributed by atoms with Crippen molar-refractivity contribution in [1.29, 1.82) is 0 Å². The third-order valence-corrected chi connectivity index (χ3v) is 4.93. The van der Waals surface area contributed by atoms with E-state index in [0.717, 1.165) is 0 Å². The summed E-state index contributed by atoms with van der Waals surface area (Å²) in [4.78, 5) is 0. The van der Waals surface area contributed by atoms with Crippen molar-refractivity contribution in [1.82, 2.24) is 0 Å². The van der Waals surface area contributed by atoms with E-state index in [-0.39, 0.29) is 10.8 Å². The molecule has 0 spiro atoms. The Morgan fingerprint density at radius 2 is 0.870 bits per heavy atom. The minimum absolute atomic E-state index is 0.158. The molecule has 0 unspecified atom stereocenters. The van der Waals surface area contributed by atoms with E-state index in [0.29, 0.717) is 0 Å². The fourth-order valence-electron chi connectivity index (χ4n) is 2.86. The van der Waals surface area contributed by atoms with Crippen LogP contribution in [0.1, 0.15) is 69.4 Å². The molecule has 0 N–H and O–H groups in total. The largest absolute Gasteiger partial charge is 0.0561 e. The van der Waals surface area contributed by atoms with Crippen LogP contribution in [0.4, 0.5) is 0 Å². The first-order valence-electron chi connectivity index (χ1n) is 8.64. The summed E-state index contributed by atoms with van der Waals surface area (Å²) in [5.74, 6) is 0. The van der Waals surface area contributed by atoms with Crippen LogP contribution in [0.2, 0.25) is 0 Å². The van der Waals surface area contributed by atoms with Crippen molar-refractivity contribution in [2.24, 2.45) is 0 Å². The van der Waals surface area contributed by atoms with Crippen LogP contribution in [0.5, 0.6) is 0 Å². The van der Waals surface area contributed by atoms with Crippen molar-refractivity contribution < 1.29 is 0 Å². The Morgan fingerprint density at radius 1 is 0.522 bits per heavy atom. The number of hydrogen-bond donors (Lipinski definition) is 0. The van der Waals surface area contributed by atoms with Crippen molar-refractivity contribution in [3.63, 3.8) is 0 Å². The van der Waals surface area contributed by atoms with Gasteiger partial charge in [-0.2, -0.15) is 0 Å². The topological polar surface area (TPSA) is 0 Å². The van der Waals surface area contributed by atoms with Crippen LogP contribution >= 0.6 is 0 Å². The summed E-state index contributed by atoms with van der Waals surface area (Å²) in [6, 6.07) is 11.8. The molecule has 0 radical (unpaired) electrons. The highest BCUT2D eigenvalue weighted by Crippen LogP contribution is 2.34. The fourth-order valence-corrected chi connectivity index (χ4v) is 2.86. The zero-order valence-electron chi connectivity index (χ0n) is 16.4. The number of benzene rings is 2. The van der Waals surface area contributed by atoms with Gasteiger partial charge in [0, 0.05) is 0 Å². The lowest BCUT2D eigenvalue weighted by Gasteiger charge is -2.26. The summed E-state index contributed by atoms with van der Waals surface area (Å²) < 4.78 is 0. The van der Waals surface area contributed by atoms with E-state index in [2.05, 4.69) is 92.6 Å². The molecule has 0 fully saturated rings. The minimum atomic E-state index is 0.158. The maximum Gasteiger partial charge on any atom is -0.0132 e. The molecular weight excluding hydrogens is 276 g/mol. The quantitative estimate of drug-likeness (QED) is 0.539. The Balaban J connectivity index is 2.72. The van der Waals surface area contributed by atoms with Gasteiger partial charge in [-0.15, -0.1) is 0 Å². The van der Waals surface area contributed by atoms with Crippen molar-refractivity contribution in [3.05, 3.63) is 58.1 Å². The fraction of sp³-hybridized carbons (Fsp3) is 0.478. The highest BCUT2D eigenvalue weighted by Gasteiger charge is 2.21. The zero-order chi connectivity index (χ0) is 17.6. The standard InChI is InChI=1S/C23H32/c1-15-10-18(11-16(2)17(15)3)19-12-20(22(4,5)6)14-21(13-19)23(7,8)9/h10-14H,1-9H3. The van der Waals surface area contributed by atoms with Crippen LogP contribution in [0, 0.1) is 20.8 Å². The third kappa shape index (κ3) is 3.86. The van der Waals surface area contributed by atoms with Crippen molar-refractivity contribution in [2.45, 2.75) is 73.1 Å². The Labute approximate surface area is 143 Å². The molecule has 0 nitrogen and oxygen atoms in total. The summed E-state index contributed by atoms with van der Waals surface area (Å²) in [5.41, 5.74) is 9.96. The number of aryl methyl sites for hydroxylation is 2. The normalized spacial score (nSPS) is 12.6. The lowest BCUT2D eigenvalue weighted by atomic mass is 9.78.